The van der Waals surface area contributed by atoms with E-state index in [0.29, 0.717) is 0 Å². The average molecular weight is 488 g/mol. The number of sulfonamides is 1. The van der Waals surface area contributed by atoms with Crippen LogP contribution in [0, 0.1) is 19.7 Å². The molecule has 3 aromatic rings. The van der Waals surface area contributed by atoms with E-state index in [0.717, 1.165) is 27.2 Å². The molecule has 0 radical (unpaired) electrons. The number of carbonyl (C=O) groups excluding carboxylic acids is 1. The van der Waals surface area contributed by atoms with Crippen LogP contribution in [-0.4, -0.2) is 31.4 Å². The summed E-state index contributed by atoms with van der Waals surface area (Å²) in [5.74, 6) is -1.27. The first-order valence-corrected chi connectivity index (χ1v) is 11.9. The number of amides is 1. The van der Waals surface area contributed by atoms with Gasteiger partial charge in [-0.3, -0.25) is 4.79 Å². The Kier molecular flexibility index (Phi) is 7.97. The molecule has 1 amide bonds. The molecule has 1 N–H and O–H groups in total. The largest absolute Gasteiger partial charge is 0.272 e. The normalized spacial score (nSPS) is 11.8. The second-order valence-electron chi connectivity index (χ2n) is 7.50. The van der Waals surface area contributed by atoms with Gasteiger partial charge in [-0.1, -0.05) is 65.2 Å². The van der Waals surface area contributed by atoms with Crippen molar-refractivity contribution >= 4 is 33.7 Å². The zero-order valence-corrected chi connectivity index (χ0v) is 19.7. The molecule has 0 saturated carbocycles. The second-order valence-corrected chi connectivity index (χ2v) is 9.85. The number of aryl methyl sites for hydroxylation is 2. The maximum atomic E-state index is 13.9. The summed E-state index contributed by atoms with van der Waals surface area (Å²) in [5.41, 5.74) is 4.88. The standard InChI is InChI=1S/C24H23ClFN3O3S/c1-17-9-11-20(12-10-17)33(31,32)29(15-19-6-3-5-18(2)13-19)16-24(30)28-27-14-21-22(25)7-4-8-23(21)26/h3-14H,15-16H2,1-2H3,(H,28,30)/b27-14-. The average Bonchev–Trinajstić information content (AvgIpc) is 2.76. The van der Waals surface area contributed by atoms with Gasteiger partial charge < -0.3 is 0 Å². The van der Waals surface area contributed by atoms with Crippen LogP contribution < -0.4 is 5.43 Å². The van der Waals surface area contributed by atoms with E-state index in [4.69, 9.17) is 11.6 Å². The van der Waals surface area contributed by atoms with Gasteiger partial charge in [0.2, 0.25) is 10.0 Å². The molecular formula is C24H23ClFN3O3S. The quantitative estimate of drug-likeness (QED) is 0.377. The molecule has 0 aromatic heterocycles. The number of hydrogen-bond acceptors (Lipinski definition) is 4. The molecule has 0 heterocycles. The maximum Gasteiger partial charge on any atom is 0.255 e. The molecule has 9 heteroatoms. The Hall–Kier alpha value is -3.07. The van der Waals surface area contributed by atoms with E-state index >= 15 is 0 Å². The second kappa shape index (κ2) is 10.7. The van der Waals surface area contributed by atoms with Crippen molar-refractivity contribution in [3.63, 3.8) is 0 Å². The van der Waals surface area contributed by atoms with Crippen molar-refractivity contribution in [1.82, 2.24) is 9.73 Å². The summed E-state index contributed by atoms with van der Waals surface area (Å²) in [7, 11) is -3.98. The molecule has 172 valence electrons. The highest BCUT2D eigenvalue weighted by atomic mass is 35.5. The van der Waals surface area contributed by atoms with E-state index < -0.39 is 28.3 Å². The molecule has 0 fully saturated rings. The number of hydrogen-bond donors (Lipinski definition) is 1. The lowest BCUT2D eigenvalue weighted by Gasteiger charge is -2.22. The first-order chi connectivity index (χ1) is 15.7. The van der Waals surface area contributed by atoms with Crippen molar-refractivity contribution in [1.29, 1.82) is 0 Å². The van der Waals surface area contributed by atoms with Gasteiger partial charge in [0.15, 0.2) is 0 Å². The number of halogens is 2. The predicted octanol–water partition coefficient (Wildman–Crippen LogP) is 4.44. The smallest absolute Gasteiger partial charge is 0.255 e. The first kappa shape index (κ1) is 24.6. The van der Waals surface area contributed by atoms with Gasteiger partial charge in [0.25, 0.3) is 5.91 Å². The third-order valence-electron chi connectivity index (χ3n) is 4.80. The van der Waals surface area contributed by atoms with Gasteiger partial charge >= 0.3 is 0 Å². The Morgan fingerprint density at radius 3 is 2.42 bits per heavy atom. The van der Waals surface area contributed by atoms with Crippen LogP contribution in [0.4, 0.5) is 4.39 Å². The molecule has 6 nitrogen and oxygen atoms in total. The van der Waals surface area contributed by atoms with Crippen LogP contribution in [-0.2, 0) is 21.4 Å². The summed E-state index contributed by atoms with van der Waals surface area (Å²) in [6.07, 6.45) is 1.08. The van der Waals surface area contributed by atoms with Crippen molar-refractivity contribution in [3.05, 3.63) is 99.8 Å². The van der Waals surface area contributed by atoms with Crippen molar-refractivity contribution in [2.75, 3.05) is 6.54 Å². The van der Waals surface area contributed by atoms with Crippen LogP contribution in [0.2, 0.25) is 5.02 Å². The molecule has 0 aliphatic rings. The third-order valence-corrected chi connectivity index (χ3v) is 6.94. The molecule has 0 unspecified atom stereocenters. The molecule has 0 aliphatic carbocycles. The van der Waals surface area contributed by atoms with Crippen LogP contribution in [0.25, 0.3) is 0 Å². The van der Waals surface area contributed by atoms with E-state index in [1.807, 2.05) is 32.0 Å². The fraction of sp³-hybridized carbons (Fsp3) is 0.167. The summed E-state index contributed by atoms with van der Waals surface area (Å²) in [5, 5.41) is 3.87. The zero-order chi connectivity index (χ0) is 24.0. The van der Waals surface area contributed by atoms with Crippen LogP contribution in [0.1, 0.15) is 22.3 Å². The van der Waals surface area contributed by atoms with Crippen molar-refractivity contribution < 1.29 is 17.6 Å². The molecule has 0 bridgehead atoms. The summed E-state index contributed by atoms with van der Waals surface area (Å²) in [6, 6.07) is 17.9. The lowest BCUT2D eigenvalue weighted by atomic mass is 10.1. The Bertz CT molecular complexity index is 1260. The number of nitrogens with zero attached hydrogens (tertiary/aromatic N) is 2. The van der Waals surface area contributed by atoms with Crippen LogP contribution in [0.15, 0.2) is 76.7 Å². The molecule has 0 saturated heterocycles. The molecular weight excluding hydrogens is 465 g/mol. The lowest BCUT2D eigenvalue weighted by molar-refractivity contribution is -0.121. The fourth-order valence-electron chi connectivity index (χ4n) is 3.10. The van der Waals surface area contributed by atoms with Crippen LogP contribution in [0.3, 0.4) is 0 Å². The van der Waals surface area contributed by atoms with E-state index in [1.54, 1.807) is 18.2 Å². The highest BCUT2D eigenvalue weighted by molar-refractivity contribution is 7.89. The number of carbonyl (C=O) groups is 1. The summed E-state index contributed by atoms with van der Waals surface area (Å²) in [4.78, 5) is 12.6. The molecule has 0 spiro atoms. The monoisotopic (exact) mass is 487 g/mol. The Morgan fingerprint density at radius 1 is 1.06 bits per heavy atom. The molecule has 0 aliphatic heterocycles. The highest BCUT2D eigenvalue weighted by Crippen LogP contribution is 2.20. The van der Waals surface area contributed by atoms with Gasteiger partial charge in [0.05, 0.1) is 22.7 Å². The zero-order valence-electron chi connectivity index (χ0n) is 18.1. The summed E-state index contributed by atoms with van der Waals surface area (Å²) < 4.78 is 41.5. The number of nitrogens with one attached hydrogen (secondary N) is 1. The summed E-state index contributed by atoms with van der Waals surface area (Å²) in [6.45, 7) is 3.27. The van der Waals surface area contributed by atoms with E-state index in [-0.39, 0.29) is 22.0 Å². The van der Waals surface area contributed by atoms with Gasteiger partial charge in [-0.05, 0) is 43.7 Å². The van der Waals surface area contributed by atoms with E-state index in [1.165, 1.54) is 30.3 Å². The van der Waals surface area contributed by atoms with Gasteiger partial charge in [0, 0.05) is 12.1 Å². The molecule has 3 aromatic carbocycles. The van der Waals surface area contributed by atoms with Gasteiger partial charge in [-0.25, -0.2) is 18.2 Å². The highest BCUT2D eigenvalue weighted by Gasteiger charge is 2.27. The van der Waals surface area contributed by atoms with Crippen molar-refractivity contribution in [2.45, 2.75) is 25.3 Å². The van der Waals surface area contributed by atoms with Crippen molar-refractivity contribution in [3.8, 4) is 0 Å². The molecule has 3 rings (SSSR count). The molecule has 0 atom stereocenters. The Balaban J connectivity index is 1.82. The van der Waals surface area contributed by atoms with Crippen molar-refractivity contribution in [2.24, 2.45) is 5.10 Å². The summed E-state index contributed by atoms with van der Waals surface area (Å²) >= 11 is 5.94. The van der Waals surface area contributed by atoms with Gasteiger partial charge in [-0.15, -0.1) is 0 Å². The molecule has 33 heavy (non-hydrogen) atoms. The minimum absolute atomic E-state index is 0.00579. The Labute approximate surface area is 197 Å². The number of hydrazone groups is 1. The fourth-order valence-corrected chi connectivity index (χ4v) is 4.69. The Morgan fingerprint density at radius 2 is 1.76 bits per heavy atom. The third kappa shape index (κ3) is 6.47. The van der Waals surface area contributed by atoms with Crippen LogP contribution >= 0.6 is 11.6 Å². The van der Waals surface area contributed by atoms with Gasteiger partial charge in [0.1, 0.15) is 5.82 Å². The van der Waals surface area contributed by atoms with Gasteiger partial charge in [-0.2, -0.15) is 9.41 Å². The predicted molar refractivity (Wildman–Crippen MR) is 127 cm³/mol. The SMILES string of the molecule is Cc1ccc(S(=O)(=O)N(CC(=O)N/N=C\c2c(F)cccc2Cl)Cc2cccc(C)c2)cc1. The van der Waals surface area contributed by atoms with E-state index in [2.05, 4.69) is 10.5 Å². The first-order valence-electron chi connectivity index (χ1n) is 10.0. The minimum atomic E-state index is -3.98. The lowest BCUT2D eigenvalue weighted by Crippen LogP contribution is -2.39. The maximum absolute atomic E-state index is 13.9. The minimum Gasteiger partial charge on any atom is -0.272 e. The topological polar surface area (TPSA) is 78.8 Å². The van der Waals surface area contributed by atoms with Crippen LogP contribution in [0.5, 0.6) is 0 Å². The number of rotatable bonds is 8. The number of benzene rings is 3. The van der Waals surface area contributed by atoms with E-state index in [9.17, 15) is 17.6 Å².